The highest BCUT2D eigenvalue weighted by molar-refractivity contribution is 5.65. The van der Waals surface area contributed by atoms with Crippen LogP contribution in [0, 0.1) is 5.82 Å². The van der Waals surface area contributed by atoms with E-state index in [1.165, 1.54) is 18.9 Å². The van der Waals surface area contributed by atoms with Gasteiger partial charge in [0.25, 0.3) is 0 Å². The van der Waals surface area contributed by atoms with Gasteiger partial charge in [-0.1, -0.05) is 24.3 Å². The number of benzene rings is 2. The molecule has 0 heterocycles. The van der Waals surface area contributed by atoms with Crippen molar-refractivity contribution in [1.29, 1.82) is 0 Å². The van der Waals surface area contributed by atoms with Gasteiger partial charge >= 0.3 is 0 Å². The summed E-state index contributed by atoms with van der Waals surface area (Å²) < 4.78 is 19.2. The smallest absolute Gasteiger partial charge is 0.127 e. The van der Waals surface area contributed by atoms with Gasteiger partial charge in [-0.15, -0.1) is 0 Å². The van der Waals surface area contributed by atoms with Crippen LogP contribution in [0.25, 0.3) is 11.1 Å². The lowest BCUT2D eigenvalue weighted by Crippen LogP contribution is -1.99. The van der Waals surface area contributed by atoms with E-state index >= 15 is 0 Å². The van der Waals surface area contributed by atoms with Gasteiger partial charge in [-0.05, 0) is 60.7 Å². The lowest BCUT2D eigenvalue weighted by molar-refractivity contribution is 0.384. The largest absolute Gasteiger partial charge is 0.462 e. The Hall–Kier alpha value is -2.09. The molecule has 0 saturated carbocycles. The molecule has 102 valence electrons. The van der Waals surface area contributed by atoms with Crippen LogP contribution in [0.3, 0.4) is 0 Å². The van der Waals surface area contributed by atoms with E-state index in [1.54, 1.807) is 12.1 Å². The second-order valence-corrected chi connectivity index (χ2v) is 5.06. The molecule has 0 radical (unpaired) electrons. The van der Waals surface area contributed by atoms with Crippen LogP contribution in [-0.4, -0.2) is 0 Å². The van der Waals surface area contributed by atoms with Gasteiger partial charge in [0.15, 0.2) is 0 Å². The zero-order valence-corrected chi connectivity index (χ0v) is 11.3. The van der Waals surface area contributed by atoms with Gasteiger partial charge in [0.1, 0.15) is 17.3 Å². The molecular weight excluding hydrogens is 251 g/mol. The molecule has 0 fully saturated rings. The molecule has 0 spiro atoms. The van der Waals surface area contributed by atoms with Gasteiger partial charge in [-0.3, -0.25) is 0 Å². The highest BCUT2D eigenvalue weighted by Gasteiger charge is 2.07. The first kappa shape index (κ1) is 12.9. The minimum atomic E-state index is -0.219. The summed E-state index contributed by atoms with van der Waals surface area (Å²) in [6, 6.07) is 14.4. The third-order valence-corrected chi connectivity index (χ3v) is 3.49. The summed E-state index contributed by atoms with van der Waals surface area (Å²) in [6.07, 6.45) is 6.70. The van der Waals surface area contributed by atoms with Gasteiger partial charge in [-0.2, -0.15) is 0 Å². The summed E-state index contributed by atoms with van der Waals surface area (Å²) in [6.45, 7) is 0. The van der Waals surface area contributed by atoms with Crippen LogP contribution in [0.5, 0.6) is 5.75 Å². The Morgan fingerprint density at radius 2 is 1.70 bits per heavy atom. The summed E-state index contributed by atoms with van der Waals surface area (Å²) >= 11 is 0. The summed E-state index contributed by atoms with van der Waals surface area (Å²) in [5, 5.41) is 0. The van der Waals surface area contributed by atoms with Crippen molar-refractivity contribution in [3.8, 4) is 16.9 Å². The van der Waals surface area contributed by atoms with Crippen LogP contribution in [0.2, 0.25) is 0 Å². The standard InChI is InChI=1S/C18H17FO/c19-16-8-4-6-14(12-16)15-7-5-11-18(13-15)20-17-9-2-1-3-10-17/h4-9,11-13H,1-3,10H2. The molecule has 1 nitrogen and oxygen atoms in total. The van der Waals surface area contributed by atoms with E-state index in [1.807, 2.05) is 30.3 Å². The van der Waals surface area contributed by atoms with Gasteiger partial charge in [0.2, 0.25) is 0 Å². The average Bonchev–Trinajstić information content (AvgIpc) is 2.49. The SMILES string of the molecule is Fc1cccc(-c2cccc(OC3=CCCCC3)c2)c1. The van der Waals surface area contributed by atoms with E-state index < -0.39 is 0 Å². The lowest BCUT2D eigenvalue weighted by Gasteiger charge is -2.14. The lowest BCUT2D eigenvalue weighted by atomic mass is 10.0. The number of hydrogen-bond donors (Lipinski definition) is 0. The minimum absolute atomic E-state index is 0.219. The summed E-state index contributed by atoms with van der Waals surface area (Å²) in [5.41, 5.74) is 1.84. The van der Waals surface area contributed by atoms with Crippen molar-refractivity contribution in [3.05, 3.63) is 66.2 Å². The predicted octanol–water partition coefficient (Wildman–Crippen LogP) is 5.33. The van der Waals surface area contributed by atoms with Crippen molar-refractivity contribution in [3.63, 3.8) is 0 Å². The third-order valence-electron chi connectivity index (χ3n) is 3.49. The van der Waals surface area contributed by atoms with E-state index in [9.17, 15) is 4.39 Å². The van der Waals surface area contributed by atoms with E-state index in [2.05, 4.69) is 6.08 Å². The van der Waals surface area contributed by atoms with Crippen LogP contribution in [-0.2, 0) is 0 Å². The number of allylic oxidation sites excluding steroid dienone is 2. The molecule has 3 rings (SSSR count). The fourth-order valence-electron chi connectivity index (χ4n) is 2.46. The Kier molecular flexibility index (Phi) is 3.82. The quantitative estimate of drug-likeness (QED) is 0.731. The minimum Gasteiger partial charge on any atom is -0.462 e. The molecule has 0 bridgehead atoms. The molecule has 0 aromatic heterocycles. The average molecular weight is 268 g/mol. The second kappa shape index (κ2) is 5.91. The number of ether oxygens (including phenoxy) is 1. The van der Waals surface area contributed by atoms with Crippen molar-refractivity contribution < 1.29 is 9.13 Å². The predicted molar refractivity (Wildman–Crippen MR) is 79.0 cm³/mol. The van der Waals surface area contributed by atoms with E-state index in [0.717, 1.165) is 35.5 Å². The maximum Gasteiger partial charge on any atom is 0.127 e. The molecule has 2 aromatic carbocycles. The van der Waals surface area contributed by atoms with Crippen LogP contribution in [0.15, 0.2) is 60.4 Å². The summed E-state index contributed by atoms with van der Waals surface area (Å²) in [7, 11) is 0. The van der Waals surface area contributed by atoms with Crippen molar-refractivity contribution >= 4 is 0 Å². The van der Waals surface area contributed by atoms with Crippen molar-refractivity contribution in [2.24, 2.45) is 0 Å². The molecule has 0 N–H and O–H groups in total. The number of hydrogen-bond acceptors (Lipinski definition) is 1. The first-order chi connectivity index (χ1) is 9.81. The molecule has 0 saturated heterocycles. The van der Waals surface area contributed by atoms with Gasteiger partial charge in [0, 0.05) is 6.42 Å². The van der Waals surface area contributed by atoms with E-state index in [0.29, 0.717) is 0 Å². The highest BCUT2D eigenvalue weighted by atomic mass is 19.1. The molecule has 0 aliphatic heterocycles. The second-order valence-electron chi connectivity index (χ2n) is 5.06. The Bertz CT molecular complexity index is 631. The van der Waals surface area contributed by atoms with Gasteiger partial charge in [0.05, 0.1) is 0 Å². The zero-order chi connectivity index (χ0) is 13.8. The molecule has 1 aliphatic rings. The van der Waals surface area contributed by atoms with Crippen molar-refractivity contribution in [2.75, 3.05) is 0 Å². The molecule has 0 atom stereocenters. The first-order valence-electron chi connectivity index (χ1n) is 7.04. The van der Waals surface area contributed by atoms with Crippen LogP contribution in [0.4, 0.5) is 4.39 Å². The zero-order valence-electron chi connectivity index (χ0n) is 11.3. The Morgan fingerprint density at radius 1 is 0.900 bits per heavy atom. The fraction of sp³-hybridized carbons (Fsp3) is 0.222. The Balaban J connectivity index is 1.84. The molecule has 1 aliphatic carbocycles. The Morgan fingerprint density at radius 3 is 2.45 bits per heavy atom. The third kappa shape index (κ3) is 3.08. The fourth-order valence-corrected chi connectivity index (χ4v) is 2.46. The Labute approximate surface area is 118 Å². The van der Waals surface area contributed by atoms with E-state index in [-0.39, 0.29) is 5.82 Å². The molecule has 0 unspecified atom stereocenters. The van der Waals surface area contributed by atoms with Crippen molar-refractivity contribution in [1.82, 2.24) is 0 Å². The van der Waals surface area contributed by atoms with Gasteiger partial charge < -0.3 is 4.74 Å². The van der Waals surface area contributed by atoms with Crippen LogP contribution in [0.1, 0.15) is 25.7 Å². The summed E-state index contributed by atoms with van der Waals surface area (Å²) in [5.74, 6) is 1.65. The molecule has 0 amide bonds. The number of rotatable bonds is 3. The topological polar surface area (TPSA) is 9.23 Å². The van der Waals surface area contributed by atoms with Crippen LogP contribution < -0.4 is 4.74 Å². The molecule has 20 heavy (non-hydrogen) atoms. The maximum atomic E-state index is 13.3. The number of halogens is 1. The molecular formula is C18H17FO. The normalized spacial score (nSPS) is 14.8. The summed E-state index contributed by atoms with van der Waals surface area (Å²) in [4.78, 5) is 0. The van der Waals surface area contributed by atoms with E-state index in [4.69, 9.17) is 4.74 Å². The maximum absolute atomic E-state index is 13.3. The van der Waals surface area contributed by atoms with Crippen LogP contribution >= 0.6 is 0 Å². The monoisotopic (exact) mass is 268 g/mol. The molecule has 2 heteroatoms. The molecule has 2 aromatic rings. The van der Waals surface area contributed by atoms with Gasteiger partial charge in [-0.25, -0.2) is 4.39 Å². The highest BCUT2D eigenvalue weighted by Crippen LogP contribution is 2.27. The van der Waals surface area contributed by atoms with Crippen molar-refractivity contribution in [2.45, 2.75) is 25.7 Å². The first-order valence-corrected chi connectivity index (χ1v) is 7.04.